The molecule has 0 amide bonds. The minimum absolute atomic E-state index is 0.00974. The molecule has 0 fully saturated rings. The Kier molecular flexibility index (Phi) is 3.59. The van der Waals surface area contributed by atoms with E-state index in [1.165, 1.54) is 12.1 Å². The van der Waals surface area contributed by atoms with E-state index >= 15 is 0 Å². The van der Waals surface area contributed by atoms with E-state index < -0.39 is 9.84 Å². The number of rotatable bonds is 3. The molecular weight excluding hydrogens is 270 g/mol. The summed E-state index contributed by atoms with van der Waals surface area (Å²) in [7, 11) is -3.53. The molecule has 5 heteroatoms. The van der Waals surface area contributed by atoms with Crippen LogP contribution in [-0.2, 0) is 15.6 Å². The summed E-state index contributed by atoms with van der Waals surface area (Å²) < 4.78 is 24.6. The summed E-state index contributed by atoms with van der Waals surface area (Å²) in [5, 5.41) is 0.158. The lowest BCUT2D eigenvalue weighted by atomic mass is 10.2. The SMILES string of the molecule is Nc1cccc(Cl)c1S(=O)(=O)Cc1ccccc1. The van der Waals surface area contributed by atoms with Crippen molar-refractivity contribution in [3.63, 3.8) is 0 Å². The van der Waals surface area contributed by atoms with Crippen molar-refractivity contribution in [2.24, 2.45) is 0 Å². The van der Waals surface area contributed by atoms with Gasteiger partial charge < -0.3 is 5.73 Å². The first-order valence-electron chi connectivity index (χ1n) is 5.31. The zero-order valence-electron chi connectivity index (χ0n) is 9.51. The molecule has 2 N–H and O–H groups in total. The summed E-state index contributed by atoms with van der Waals surface area (Å²) in [6.07, 6.45) is 0. The number of halogens is 1. The van der Waals surface area contributed by atoms with Gasteiger partial charge in [0.1, 0.15) is 4.90 Å². The Morgan fingerprint density at radius 2 is 1.67 bits per heavy atom. The van der Waals surface area contributed by atoms with Gasteiger partial charge in [-0.25, -0.2) is 8.42 Å². The van der Waals surface area contributed by atoms with Crippen molar-refractivity contribution in [1.82, 2.24) is 0 Å². The highest BCUT2D eigenvalue weighted by Crippen LogP contribution is 2.29. The molecule has 0 aliphatic rings. The van der Waals surface area contributed by atoms with Crippen molar-refractivity contribution in [3.8, 4) is 0 Å². The molecule has 0 unspecified atom stereocenters. The summed E-state index contributed by atoms with van der Waals surface area (Å²) >= 11 is 5.92. The number of nitrogens with two attached hydrogens (primary N) is 1. The second-order valence-corrected chi connectivity index (χ2v) is 6.24. The third-order valence-corrected chi connectivity index (χ3v) is 4.73. The third-order valence-electron chi connectivity index (χ3n) is 2.51. The molecule has 2 rings (SSSR count). The Bertz CT molecular complexity index is 634. The molecule has 0 aromatic heterocycles. The highest BCUT2D eigenvalue weighted by molar-refractivity contribution is 7.91. The van der Waals surface area contributed by atoms with Crippen LogP contribution >= 0.6 is 11.6 Å². The molecule has 0 bridgehead atoms. The predicted molar refractivity (Wildman–Crippen MR) is 73.2 cm³/mol. The van der Waals surface area contributed by atoms with Gasteiger partial charge in [-0.3, -0.25) is 0 Å². The Labute approximate surface area is 111 Å². The zero-order valence-corrected chi connectivity index (χ0v) is 11.1. The molecule has 0 spiro atoms. The van der Waals surface area contributed by atoms with Gasteiger partial charge in [0.25, 0.3) is 0 Å². The lowest BCUT2D eigenvalue weighted by Crippen LogP contribution is -2.08. The monoisotopic (exact) mass is 281 g/mol. The highest BCUT2D eigenvalue weighted by Gasteiger charge is 2.21. The number of nitrogen functional groups attached to an aromatic ring is 1. The largest absolute Gasteiger partial charge is 0.398 e. The maximum atomic E-state index is 12.3. The summed E-state index contributed by atoms with van der Waals surface area (Å²) in [5.74, 6) is -0.109. The lowest BCUT2D eigenvalue weighted by Gasteiger charge is -2.09. The van der Waals surface area contributed by atoms with Gasteiger partial charge in [-0.2, -0.15) is 0 Å². The summed E-state index contributed by atoms with van der Waals surface area (Å²) in [5.41, 5.74) is 6.58. The van der Waals surface area contributed by atoms with Crippen molar-refractivity contribution < 1.29 is 8.42 Å². The van der Waals surface area contributed by atoms with Crippen LogP contribution in [0.15, 0.2) is 53.4 Å². The third kappa shape index (κ3) is 2.66. The smallest absolute Gasteiger partial charge is 0.186 e. The average Bonchev–Trinajstić information content (AvgIpc) is 2.28. The maximum absolute atomic E-state index is 12.3. The minimum atomic E-state index is -3.53. The average molecular weight is 282 g/mol. The van der Waals surface area contributed by atoms with E-state index in [1.54, 1.807) is 30.3 Å². The fourth-order valence-corrected chi connectivity index (χ4v) is 3.82. The summed E-state index contributed by atoms with van der Waals surface area (Å²) in [6.45, 7) is 0. The number of benzene rings is 2. The van der Waals surface area contributed by atoms with Crippen molar-refractivity contribution >= 4 is 27.1 Å². The van der Waals surface area contributed by atoms with Gasteiger partial charge in [0.15, 0.2) is 9.84 Å². The standard InChI is InChI=1S/C13H12ClNO2S/c14-11-7-4-8-12(15)13(11)18(16,17)9-10-5-2-1-3-6-10/h1-8H,9,15H2. The maximum Gasteiger partial charge on any atom is 0.186 e. The van der Waals surface area contributed by atoms with Crippen LogP contribution in [0, 0.1) is 0 Å². The van der Waals surface area contributed by atoms with Gasteiger partial charge in [-0.05, 0) is 17.7 Å². The molecule has 0 aliphatic carbocycles. The number of hydrogen-bond donors (Lipinski definition) is 1. The van der Waals surface area contributed by atoms with Crippen LogP contribution in [0.4, 0.5) is 5.69 Å². The molecule has 0 atom stereocenters. The minimum Gasteiger partial charge on any atom is -0.398 e. The molecule has 0 aliphatic heterocycles. The second kappa shape index (κ2) is 5.00. The molecular formula is C13H12ClNO2S. The van der Waals surface area contributed by atoms with Gasteiger partial charge >= 0.3 is 0 Å². The molecule has 0 saturated heterocycles. The van der Waals surface area contributed by atoms with Crippen molar-refractivity contribution in [1.29, 1.82) is 0 Å². The summed E-state index contributed by atoms with van der Waals surface area (Å²) in [4.78, 5) is 0.00974. The fourth-order valence-electron chi connectivity index (χ4n) is 1.72. The van der Waals surface area contributed by atoms with E-state index in [-0.39, 0.29) is 21.4 Å². The number of sulfone groups is 1. The van der Waals surface area contributed by atoms with Crippen LogP contribution < -0.4 is 5.73 Å². The zero-order chi connectivity index (χ0) is 13.2. The lowest BCUT2D eigenvalue weighted by molar-refractivity contribution is 0.596. The normalized spacial score (nSPS) is 11.4. The Morgan fingerprint density at radius 1 is 1.00 bits per heavy atom. The molecule has 18 heavy (non-hydrogen) atoms. The van der Waals surface area contributed by atoms with Gasteiger partial charge in [-0.1, -0.05) is 48.0 Å². The van der Waals surface area contributed by atoms with Crippen molar-refractivity contribution in [2.45, 2.75) is 10.6 Å². The van der Waals surface area contributed by atoms with E-state index in [9.17, 15) is 8.42 Å². The van der Waals surface area contributed by atoms with Gasteiger partial charge in [0.2, 0.25) is 0 Å². The Balaban J connectivity index is 2.44. The molecule has 94 valence electrons. The van der Waals surface area contributed by atoms with Crippen LogP contribution in [0.25, 0.3) is 0 Å². The molecule has 0 saturated carbocycles. The van der Waals surface area contributed by atoms with Gasteiger partial charge in [0.05, 0.1) is 16.5 Å². The fraction of sp³-hybridized carbons (Fsp3) is 0.0769. The van der Waals surface area contributed by atoms with Crippen LogP contribution in [-0.4, -0.2) is 8.42 Å². The van der Waals surface area contributed by atoms with E-state index in [4.69, 9.17) is 17.3 Å². The number of hydrogen-bond acceptors (Lipinski definition) is 3. The summed E-state index contributed by atoms with van der Waals surface area (Å²) in [6, 6.07) is 13.6. The van der Waals surface area contributed by atoms with Crippen LogP contribution in [0.2, 0.25) is 5.02 Å². The molecule has 0 radical (unpaired) electrons. The first-order chi connectivity index (χ1) is 8.50. The molecule has 2 aromatic carbocycles. The van der Waals surface area contributed by atoms with Crippen LogP contribution in [0.1, 0.15) is 5.56 Å². The molecule has 3 nitrogen and oxygen atoms in total. The quantitative estimate of drug-likeness (QED) is 0.880. The van der Waals surface area contributed by atoms with Crippen molar-refractivity contribution in [2.75, 3.05) is 5.73 Å². The van der Waals surface area contributed by atoms with E-state index in [0.717, 1.165) is 0 Å². The van der Waals surface area contributed by atoms with Crippen LogP contribution in [0.3, 0.4) is 0 Å². The molecule has 0 heterocycles. The van der Waals surface area contributed by atoms with Crippen LogP contribution in [0.5, 0.6) is 0 Å². The first kappa shape index (κ1) is 12.9. The second-order valence-electron chi connectivity index (χ2n) is 3.90. The van der Waals surface area contributed by atoms with Gasteiger partial charge in [-0.15, -0.1) is 0 Å². The Hall–Kier alpha value is -1.52. The highest BCUT2D eigenvalue weighted by atomic mass is 35.5. The van der Waals surface area contributed by atoms with E-state index in [1.807, 2.05) is 6.07 Å². The predicted octanol–water partition coefficient (Wildman–Crippen LogP) is 2.90. The van der Waals surface area contributed by atoms with E-state index in [0.29, 0.717) is 5.56 Å². The number of anilines is 1. The van der Waals surface area contributed by atoms with E-state index in [2.05, 4.69) is 0 Å². The van der Waals surface area contributed by atoms with Crippen molar-refractivity contribution in [3.05, 3.63) is 59.1 Å². The van der Waals surface area contributed by atoms with Gasteiger partial charge in [0, 0.05) is 0 Å². The topological polar surface area (TPSA) is 60.2 Å². The Morgan fingerprint density at radius 3 is 2.28 bits per heavy atom. The molecule has 2 aromatic rings. The first-order valence-corrected chi connectivity index (χ1v) is 7.34.